The number of amides is 2. The normalized spacial score (nSPS) is 16.8. The molecule has 25 heavy (non-hydrogen) atoms. The lowest BCUT2D eigenvalue weighted by Crippen LogP contribution is -2.38. The van der Waals surface area contributed by atoms with Gasteiger partial charge in [0.2, 0.25) is 0 Å². The topological polar surface area (TPSA) is 59.6 Å². The Kier molecular flexibility index (Phi) is 3.99. The number of ether oxygens (including phenoxy) is 2. The Morgan fingerprint density at radius 1 is 1.08 bits per heavy atom. The van der Waals surface area contributed by atoms with Gasteiger partial charge in [0, 0.05) is 5.69 Å². The maximum absolute atomic E-state index is 12.5. The first-order valence-electron chi connectivity index (χ1n) is 8.77. The molecule has 1 saturated carbocycles. The van der Waals surface area contributed by atoms with Gasteiger partial charge in [-0.2, -0.15) is 0 Å². The average molecular weight is 338 g/mol. The number of fused-ring (bicyclic) bond motifs is 1. The molecule has 0 atom stereocenters. The van der Waals surface area contributed by atoms with Gasteiger partial charge in [0.25, 0.3) is 0 Å². The van der Waals surface area contributed by atoms with E-state index in [1.165, 1.54) is 0 Å². The number of hydrogen-bond acceptors (Lipinski definition) is 3. The van der Waals surface area contributed by atoms with E-state index in [2.05, 4.69) is 17.6 Å². The van der Waals surface area contributed by atoms with Gasteiger partial charge in [0.15, 0.2) is 11.5 Å². The Bertz CT molecular complexity index is 799. The second-order valence-electron chi connectivity index (χ2n) is 6.53. The zero-order chi connectivity index (χ0) is 17.3. The summed E-state index contributed by atoms with van der Waals surface area (Å²) in [5, 5.41) is 6.13. The summed E-state index contributed by atoms with van der Waals surface area (Å²) in [4.78, 5) is 12.5. The Labute approximate surface area is 147 Å². The number of para-hydroxylation sites is 1. The van der Waals surface area contributed by atoms with E-state index in [4.69, 9.17) is 9.47 Å². The van der Waals surface area contributed by atoms with E-state index in [9.17, 15) is 4.79 Å². The van der Waals surface area contributed by atoms with Gasteiger partial charge >= 0.3 is 6.03 Å². The maximum Gasteiger partial charge on any atom is 0.319 e. The maximum atomic E-state index is 12.5. The monoisotopic (exact) mass is 338 g/mol. The Balaban J connectivity index is 1.49. The predicted molar refractivity (Wildman–Crippen MR) is 96.3 cm³/mol. The summed E-state index contributed by atoms with van der Waals surface area (Å²) in [6.45, 7) is 3.22. The van der Waals surface area contributed by atoms with Crippen molar-refractivity contribution in [3.8, 4) is 11.5 Å². The Morgan fingerprint density at radius 2 is 1.84 bits per heavy atom. The van der Waals surface area contributed by atoms with Crippen molar-refractivity contribution in [1.29, 1.82) is 0 Å². The molecular formula is C20H22N2O3. The van der Waals surface area contributed by atoms with Gasteiger partial charge in [0.1, 0.15) is 13.2 Å². The molecule has 130 valence electrons. The average Bonchev–Trinajstić information content (AvgIpc) is 3.42. The zero-order valence-electron chi connectivity index (χ0n) is 14.3. The number of aryl methyl sites for hydroxylation is 1. The van der Waals surface area contributed by atoms with Gasteiger partial charge in [-0.1, -0.05) is 31.2 Å². The van der Waals surface area contributed by atoms with Crippen LogP contribution in [0.1, 0.15) is 30.9 Å². The van der Waals surface area contributed by atoms with Crippen molar-refractivity contribution in [2.75, 3.05) is 18.5 Å². The van der Waals surface area contributed by atoms with Crippen molar-refractivity contribution in [2.45, 2.75) is 31.7 Å². The molecule has 1 aliphatic carbocycles. The van der Waals surface area contributed by atoms with E-state index in [-0.39, 0.29) is 11.6 Å². The first-order chi connectivity index (χ1) is 12.2. The number of nitrogens with one attached hydrogen (secondary N) is 2. The Morgan fingerprint density at radius 3 is 2.60 bits per heavy atom. The van der Waals surface area contributed by atoms with Gasteiger partial charge in [0.05, 0.1) is 5.54 Å². The van der Waals surface area contributed by atoms with Crippen LogP contribution in [0.2, 0.25) is 0 Å². The minimum atomic E-state index is -0.304. The van der Waals surface area contributed by atoms with Gasteiger partial charge in [-0.3, -0.25) is 0 Å². The van der Waals surface area contributed by atoms with Crippen LogP contribution in [0.15, 0.2) is 42.5 Å². The second-order valence-corrected chi connectivity index (χ2v) is 6.53. The molecular weight excluding hydrogens is 316 g/mol. The van der Waals surface area contributed by atoms with Crippen LogP contribution in [-0.4, -0.2) is 19.2 Å². The minimum absolute atomic E-state index is 0.173. The summed E-state index contributed by atoms with van der Waals surface area (Å²) in [6.07, 6.45) is 2.73. The van der Waals surface area contributed by atoms with Crippen LogP contribution in [0.5, 0.6) is 11.5 Å². The van der Waals surface area contributed by atoms with Crippen LogP contribution in [0, 0.1) is 0 Å². The lowest BCUT2D eigenvalue weighted by molar-refractivity contribution is 0.171. The van der Waals surface area contributed by atoms with Gasteiger partial charge in [-0.15, -0.1) is 0 Å². The molecule has 0 saturated heterocycles. The van der Waals surface area contributed by atoms with E-state index >= 15 is 0 Å². The van der Waals surface area contributed by atoms with E-state index in [1.807, 2.05) is 42.5 Å². The summed E-state index contributed by atoms with van der Waals surface area (Å²) >= 11 is 0. The number of rotatable bonds is 4. The number of carbonyl (C=O) groups excluding carboxylic acids is 1. The summed E-state index contributed by atoms with van der Waals surface area (Å²) < 4.78 is 11.2. The van der Waals surface area contributed by atoms with Gasteiger partial charge in [-0.05, 0) is 48.6 Å². The third-order valence-corrected chi connectivity index (χ3v) is 4.84. The number of urea groups is 1. The summed E-state index contributed by atoms with van der Waals surface area (Å²) in [6, 6.07) is 13.6. The molecule has 1 heterocycles. The molecule has 2 aromatic carbocycles. The largest absolute Gasteiger partial charge is 0.486 e. The highest BCUT2D eigenvalue weighted by Gasteiger charge is 2.46. The van der Waals surface area contributed by atoms with E-state index in [1.54, 1.807) is 0 Å². The van der Waals surface area contributed by atoms with Crippen molar-refractivity contribution in [3.05, 3.63) is 53.6 Å². The fourth-order valence-corrected chi connectivity index (χ4v) is 3.27. The quantitative estimate of drug-likeness (QED) is 0.891. The Hall–Kier alpha value is -2.69. The van der Waals surface area contributed by atoms with Crippen LogP contribution >= 0.6 is 0 Å². The van der Waals surface area contributed by atoms with Crippen LogP contribution in [0.4, 0.5) is 10.5 Å². The van der Waals surface area contributed by atoms with Gasteiger partial charge < -0.3 is 20.1 Å². The highest BCUT2D eigenvalue weighted by molar-refractivity contribution is 5.91. The third kappa shape index (κ3) is 3.14. The summed E-state index contributed by atoms with van der Waals surface area (Å²) in [5.41, 5.74) is 2.75. The molecule has 2 aromatic rings. The fraction of sp³-hybridized carbons (Fsp3) is 0.350. The van der Waals surface area contributed by atoms with E-state index in [0.29, 0.717) is 13.2 Å². The smallest absolute Gasteiger partial charge is 0.319 e. The van der Waals surface area contributed by atoms with Crippen molar-refractivity contribution in [1.82, 2.24) is 5.32 Å². The molecule has 5 nitrogen and oxygen atoms in total. The molecule has 0 bridgehead atoms. The highest BCUT2D eigenvalue weighted by Crippen LogP contribution is 2.47. The molecule has 0 aromatic heterocycles. The second kappa shape index (κ2) is 6.31. The molecule has 2 N–H and O–H groups in total. The molecule has 1 fully saturated rings. The number of carbonyl (C=O) groups is 1. The third-order valence-electron chi connectivity index (χ3n) is 4.84. The van der Waals surface area contributed by atoms with Crippen LogP contribution in [0.3, 0.4) is 0 Å². The summed E-state index contributed by atoms with van der Waals surface area (Å²) in [5.74, 6) is 1.53. The molecule has 5 heteroatoms. The first-order valence-corrected chi connectivity index (χ1v) is 8.77. The van der Waals surface area contributed by atoms with Crippen molar-refractivity contribution in [2.24, 2.45) is 0 Å². The molecule has 0 unspecified atom stereocenters. The van der Waals surface area contributed by atoms with Gasteiger partial charge in [-0.25, -0.2) is 4.79 Å². The lowest BCUT2D eigenvalue weighted by atomic mass is 10.0. The zero-order valence-corrected chi connectivity index (χ0v) is 14.3. The standard InChI is InChI=1S/C20H22N2O3/c1-2-14-5-3-4-6-16(14)21-19(23)22-20(9-10-20)15-7-8-17-18(13-15)25-12-11-24-17/h3-8,13H,2,9-12H2,1H3,(H2,21,22,23). The van der Waals surface area contributed by atoms with Crippen LogP contribution < -0.4 is 20.1 Å². The number of anilines is 1. The van der Waals surface area contributed by atoms with Crippen molar-refractivity contribution in [3.63, 3.8) is 0 Å². The summed E-state index contributed by atoms with van der Waals surface area (Å²) in [7, 11) is 0. The fourth-order valence-electron chi connectivity index (χ4n) is 3.27. The SMILES string of the molecule is CCc1ccccc1NC(=O)NC1(c2ccc3c(c2)OCCO3)CC1. The van der Waals surface area contributed by atoms with E-state index in [0.717, 1.165) is 47.6 Å². The molecule has 1 aliphatic heterocycles. The van der Waals surface area contributed by atoms with Crippen LogP contribution in [-0.2, 0) is 12.0 Å². The van der Waals surface area contributed by atoms with Crippen LogP contribution in [0.25, 0.3) is 0 Å². The van der Waals surface area contributed by atoms with Crippen molar-refractivity contribution < 1.29 is 14.3 Å². The minimum Gasteiger partial charge on any atom is -0.486 e. The lowest BCUT2D eigenvalue weighted by Gasteiger charge is -2.23. The van der Waals surface area contributed by atoms with E-state index < -0.39 is 0 Å². The molecule has 2 aliphatic rings. The predicted octanol–water partition coefficient (Wildman–Crippen LogP) is 3.83. The number of hydrogen-bond donors (Lipinski definition) is 2. The van der Waals surface area contributed by atoms with Crippen molar-refractivity contribution >= 4 is 11.7 Å². The molecule has 0 spiro atoms. The number of benzene rings is 2. The molecule has 2 amide bonds. The molecule has 0 radical (unpaired) electrons. The first kappa shape index (κ1) is 15.8. The molecule has 4 rings (SSSR count). The highest BCUT2D eigenvalue weighted by atomic mass is 16.6.